The molecule has 2 atom stereocenters. The van der Waals surface area contributed by atoms with Crippen molar-refractivity contribution in [3.63, 3.8) is 0 Å². The summed E-state index contributed by atoms with van der Waals surface area (Å²) in [4.78, 5) is 50.3. The van der Waals surface area contributed by atoms with Gasteiger partial charge in [0.25, 0.3) is 11.8 Å². The van der Waals surface area contributed by atoms with Gasteiger partial charge in [0.1, 0.15) is 18.0 Å². The molecule has 2 aliphatic rings. The number of carbonyl (C=O) groups is 3. The quantitative estimate of drug-likeness (QED) is 0.152. The van der Waals surface area contributed by atoms with E-state index < -0.39 is 29.2 Å². The first-order valence-corrected chi connectivity index (χ1v) is 13.1. The van der Waals surface area contributed by atoms with Crippen LogP contribution in [-0.4, -0.2) is 80.5 Å². The summed E-state index contributed by atoms with van der Waals surface area (Å²) in [5.74, 6) is -2.42. The molecule has 0 bridgehead atoms. The predicted molar refractivity (Wildman–Crippen MR) is 134 cm³/mol. The van der Waals surface area contributed by atoms with E-state index >= 15 is 0 Å². The van der Waals surface area contributed by atoms with E-state index in [1.807, 2.05) is 48.1 Å². The number of pyridine rings is 1. The van der Waals surface area contributed by atoms with Crippen molar-refractivity contribution in [2.75, 3.05) is 32.2 Å². The number of carboxylic acid groups (broad SMARTS) is 1. The molecule has 2 amide bonds. The van der Waals surface area contributed by atoms with E-state index in [0.717, 1.165) is 23.6 Å². The van der Waals surface area contributed by atoms with Gasteiger partial charge in [-0.2, -0.15) is 9.36 Å². The van der Waals surface area contributed by atoms with Crippen molar-refractivity contribution in [3.8, 4) is 0 Å². The Labute approximate surface area is 221 Å². The number of hydrogen-bond donors (Lipinski definition) is 2. The fraction of sp³-hybridized carbons (Fsp3) is 0.409. The van der Waals surface area contributed by atoms with Crippen LogP contribution in [0.4, 0.5) is 5.13 Å². The molecule has 2 aromatic rings. The Kier molecular flexibility index (Phi) is 8.04. The topological polar surface area (TPSA) is 170 Å². The average Bonchev–Trinajstić information content (AvgIpc) is 3.27. The second kappa shape index (κ2) is 11.2. The summed E-state index contributed by atoms with van der Waals surface area (Å²) in [7, 11) is 3.93. The van der Waals surface area contributed by atoms with Crippen molar-refractivity contribution < 1.29 is 28.9 Å². The van der Waals surface area contributed by atoms with Crippen LogP contribution in [0.2, 0.25) is 0 Å². The second-order valence-corrected chi connectivity index (χ2v) is 10.4. The summed E-state index contributed by atoms with van der Waals surface area (Å²) < 4.78 is 5.86. The maximum absolute atomic E-state index is 13.0. The molecule has 0 spiro atoms. The molecule has 2 aliphatic heterocycles. The van der Waals surface area contributed by atoms with Crippen molar-refractivity contribution in [1.82, 2.24) is 24.5 Å². The number of nitrogen functional groups attached to an aromatic ring is 1. The third kappa shape index (κ3) is 5.73. The molecule has 13 nitrogen and oxygen atoms in total. The summed E-state index contributed by atoms with van der Waals surface area (Å²) in [6.07, 6.45) is 3.78. The second-order valence-electron chi connectivity index (χ2n) is 8.54. The molecule has 196 valence electrons. The summed E-state index contributed by atoms with van der Waals surface area (Å²) in [5, 5.41) is 18.0. The Bertz CT molecular complexity index is 1280. The van der Waals surface area contributed by atoms with Crippen LogP contribution in [0.3, 0.4) is 0 Å². The highest BCUT2D eigenvalue weighted by molar-refractivity contribution is 8.00. The molecule has 1 saturated heterocycles. The monoisotopic (exact) mass is 546 g/mol. The van der Waals surface area contributed by atoms with Gasteiger partial charge < -0.3 is 30.7 Å². The number of hydrogen-bond acceptors (Lipinski definition) is 12. The zero-order valence-electron chi connectivity index (χ0n) is 20.4. The zero-order valence-corrected chi connectivity index (χ0v) is 22.0. The molecule has 0 aromatic carbocycles. The molecule has 1 fully saturated rings. The van der Waals surface area contributed by atoms with Gasteiger partial charge in [-0.05, 0) is 27.1 Å². The van der Waals surface area contributed by atoms with Crippen LogP contribution in [0.5, 0.6) is 0 Å². The lowest BCUT2D eigenvalue weighted by atomic mass is 10.0. The lowest BCUT2D eigenvalue weighted by molar-refractivity contribution is -0.689. The number of aliphatic carboxylic acids is 1. The van der Waals surface area contributed by atoms with Crippen molar-refractivity contribution in [2.45, 2.75) is 31.4 Å². The lowest BCUT2D eigenvalue weighted by Gasteiger charge is -2.50. The molecule has 3 N–H and O–H groups in total. The van der Waals surface area contributed by atoms with Gasteiger partial charge in [-0.3, -0.25) is 14.5 Å². The number of β-lactam (4-membered cyclic amide) rings is 1. The van der Waals surface area contributed by atoms with E-state index in [4.69, 9.17) is 10.6 Å². The van der Waals surface area contributed by atoms with Gasteiger partial charge in [0.2, 0.25) is 11.5 Å². The highest BCUT2D eigenvalue weighted by atomic mass is 32.2. The van der Waals surface area contributed by atoms with Gasteiger partial charge in [-0.25, -0.2) is 4.57 Å². The summed E-state index contributed by atoms with van der Waals surface area (Å²) in [5.41, 5.74) is 6.83. The minimum absolute atomic E-state index is 0.0282. The average molecular weight is 547 g/mol. The maximum Gasteiger partial charge on any atom is 0.278 e. The van der Waals surface area contributed by atoms with Crippen LogP contribution in [-0.2, 0) is 32.3 Å². The maximum atomic E-state index is 13.0. The van der Waals surface area contributed by atoms with E-state index in [0.29, 0.717) is 11.3 Å². The van der Waals surface area contributed by atoms with Crippen LogP contribution >= 0.6 is 23.3 Å². The normalized spacial score (nSPS) is 19.5. The van der Waals surface area contributed by atoms with Gasteiger partial charge in [-0.15, -0.1) is 11.8 Å². The minimum Gasteiger partial charge on any atom is -0.543 e. The van der Waals surface area contributed by atoms with Crippen molar-refractivity contribution in [1.29, 1.82) is 0 Å². The number of amides is 2. The Morgan fingerprint density at radius 1 is 1.43 bits per heavy atom. The lowest BCUT2D eigenvalue weighted by Crippen LogP contribution is -2.71. The van der Waals surface area contributed by atoms with Crippen molar-refractivity contribution >= 4 is 51.9 Å². The fourth-order valence-corrected chi connectivity index (χ4v) is 5.77. The molecule has 1 unspecified atom stereocenters. The van der Waals surface area contributed by atoms with Gasteiger partial charge >= 0.3 is 0 Å². The first-order valence-electron chi connectivity index (χ1n) is 11.3. The molecular weight excluding hydrogens is 520 g/mol. The SMILES string of the molecule is CCON=C(C(=O)NC1C(=O)N2C(C(=O)[O-])=C(C[n+]3cccc(CN(C)C)c3)CS[C@@H]12)c1nsc(N)n1. The molecule has 15 heteroatoms. The molecule has 0 radical (unpaired) electrons. The number of thioether (sulfide) groups is 1. The number of aromatic nitrogens is 3. The Morgan fingerprint density at radius 3 is 2.86 bits per heavy atom. The molecule has 2 aromatic heterocycles. The van der Waals surface area contributed by atoms with Crippen LogP contribution in [0.15, 0.2) is 41.0 Å². The number of anilines is 1. The van der Waals surface area contributed by atoms with Crippen LogP contribution in [0.25, 0.3) is 0 Å². The van der Waals surface area contributed by atoms with Gasteiger partial charge in [0, 0.05) is 41.0 Å². The standard InChI is InChI=1S/C22H26N8O5S2/c1-4-35-26-14(17-25-22(23)37-27-17)18(31)24-15-19(32)30-16(21(33)34)13(11-36-20(15)30)10-29-7-5-6-12(9-29)8-28(2)3/h5-7,9,15,20H,4,8,10-11H2,1-3H3,(H3-,23,24,25,27,31,33,34)/t15?,20-/m0/s1. The Morgan fingerprint density at radius 2 is 2.22 bits per heavy atom. The zero-order chi connectivity index (χ0) is 26.7. The summed E-state index contributed by atoms with van der Waals surface area (Å²) in [6.45, 7) is 2.90. The predicted octanol–water partition coefficient (Wildman–Crippen LogP) is -1.69. The number of oxime groups is 1. The van der Waals surface area contributed by atoms with E-state index in [1.54, 1.807) is 6.92 Å². The van der Waals surface area contributed by atoms with Crippen LogP contribution in [0, 0.1) is 0 Å². The van der Waals surface area contributed by atoms with Crippen LogP contribution < -0.4 is 20.7 Å². The van der Waals surface area contributed by atoms with Crippen molar-refractivity contribution in [3.05, 3.63) is 47.2 Å². The summed E-state index contributed by atoms with van der Waals surface area (Å²) >= 11 is 2.25. The van der Waals surface area contributed by atoms with Crippen LogP contribution in [0.1, 0.15) is 18.3 Å². The van der Waals surface area contributed by atoms with Gasteiger partial charge in [-0.1, -0.05) is 5.16 Å². The third-order valence-corrected chi connectivity index (χ3v) is 7.35. The molecule has 4 rings (SSSR count). The van der Waals surface area contributed by atoms with Crippen molar-refractivity contribution in [2.24, 2.45) is 5.16 Å². The van der Waals surface area contributed by atoms with Gasteiger partial charge in [0.05, 0.1) is 11.7 Å². The van der Waals surface area contributed by atoms with E-state index in [1.165, 1.54) is 16.7 Å². The molecule has 0 saturated carbocycles. The number of nitrogens with one attached hydrogen (secondary N) is 1. The first kappa shape index (κ1) is 26.5. The fourth-order valence-electron chi connectivity index (χ4n) is 4.00. The van der Waals surface area contributed by atoms with E-state index in [9.17, 15) is 19.5 Å². The number of carbonyl (C=O) groups excluding carboxylic acids is 3. The molecule has 37 heavy (non-hydrogen) atoms. The number of fused-ring (bicyclic) bond motifs is 1. The first-order chi connectivity index (χ1) is 17.7. The highest BCUT2D eigenvalue weighted by Gasteiger charge is 2.53. The number of nitrogens with two attached hydrogens (primary N) is 1. The minimum atomic E-state index is -1.44. The van der Waals surface area contributed by atoms with E-state index in [-0.39, 0.29) is 35.5 Å². The van der Waals surface area contributed by atoms with Gasteiger partial charge in [0.15, 0.2) is 24.1 Å². The third-order valence-electron chi connectivity index (χ3n) is 5.47. The largest absolute Gasteiger partial charge is 0.543 e. The Hall–Kier alpha value is -3.56. The van der Waals surface area contributed by atoms with E-state index in [2.05, 4.69) is 19.8 Å². The number of rotatable bonds is 10. The number of carboxylic acids is 1. The Balaban J connectivity index is 1.52. The molecule has 0 aliphatic carbocycles. The molecule has 4 heterocycles. The molecular formula is C22H26N8O5S2. The summed E-state index contributed by atoms with van der Waals surface area (Å²) in [6, 6.07) is 2.91. The highest BCUT2D eigenvalue weighted by Crippen LogP contribution is 2.40. The number of nitrogens with zero attached hydrogens (tertiary/aromatic N) is 6. The smallest absolute Gasteiger partial charge is 0.278 e.